The van der Waals surface area contributed by atoms with Gasteiger partial charge in [-0.15, -0.1) is 0 Å². The minimum Gasteiger partial charge on any atom is -0.381 e. The number of hydrogen-bond donors (Lipinski definition) is 1. The van der Waals surface area contributed by atoms with Gasteiger partial charge in [-0.1, -0.05) is 29.3 Å². The average Bonchev–Trinajstić information content (AvgIpc) is 2.61. The van der Waals surface area contributed by atoms with Crippen molar-refractivity contribution in [1.29, 1.82) is 0 Å². The van der Waals surface area contributed by atoms with Gasteiger partial charge in [0.15, 0.2) is 0 Å². The molecule has 0 atom stereocenters. The van der Waals surface area contributed by atoms with Crippen molar-refractivity contribution in [3.05, 3.63) is 33.8 Å². The molecule has 3 rings (SSSR count). The molecule has 2 saturated heterocycles. The van der Waals surface area contributed by atoms with Gasteiger partial charge in [0, 0.05) is 39.4 Å². The Hall–Kier alpha value is -1.34. The van der Waals surface area contributed by atoms with E-state index in [1.807, 2.05) is 0 Å². The minimum atomic E-state index is -0.851. The number of benzene rings is 1. The number of halogens is 2. The van der Waals surface area contributed by atoms with Gasteiger partial charge in [-0.25, -0.2) is 0 Å². The number of hydrogen-bond acceptors (Lipinski definition) is 4. The molecule has 2 aliphatic heterocycles. The molecule has 2 N–H and O–H groups in total. The van der Waals surface area contributed by atoms with E-state index in [9.17, 15) is 9.59 Å². The Balaban J connectivity index is 1.64. The molecule has 2 aliphatic rings. The predicted molar refractivity (Wildman–Crippen MR) is 95.9 cm³/mol. The standard InChI is InChI=1S/C17H21Cl2N3O3/c18-12-2-1-3-13(19)14(12)15(23)21-6-8-22(9-7-21)16(24)17(20)4-10-25-11-5-17/h1-3H,4-11,20H2. The van der Waals surface area contributed by atoms with Gasteiger partial charge in [0.1, 0.15) is 0 Å². The van der Waals surface area contributed by atoms with Crippen LogP contribution in [0.25, 0.3) is 0 Å². The molecular weight excluding hydrogens is 365 g/mol. The van der Waals surface area contributed by atoms with Crippen LogP contribution in [-0.4, -0.2) is 66.5 Å². The van der Waals surface area contributed by atoms with Crippen LogP contribution in [0.2, 0.25) is 10.0 Å². The fraction of sp³-hybridized carbons (Fsp3) is 0.529. The summed E-state index contributed by atoms with van der Waals surface area (Å²) in [5.74, 6) is -0.269. The Morgan fingerprint density at radius 2 is 1.52 bits per heavy atom. The third kappa shape index (κ3) is 3.77. The van der Waals surface area contributed by atoms with Crippen molar-refractivity contribution >= 4 is 35.0 Å². The molecular formula is C17H21Cl2N3O3. The molecule has 0 radical (unpaired) electrons. The summed E-state index contributed by atoms with van der Waals surface area (Å²) in [6, 6.07) is 4.99. The Bertz CT molecular complexity index is 649. The molecule has 2 fully saturated rings. The summed E-state index contributed by atoms with van der Waals surface area (Å²) in [6.45, 7) is 2.77. The fourth-order valence-corrected chi connectivity index (χ4v) is 3.80. The zero-order valence-corrected chi connectivity index (χ0v) is 15.4. The summed E-state index contributed by atoms with van der Waals surface area (Å²) in [5.41, 5.74) is 5.73. The van der Waals surface area contributed by atoms with Gasteiger partial charge in [-0.05, 0) is 25.0 Å². The van der Waals surface area contributed by atoms with Crippen LogP contribution in [0.3, 0.4) is 0 Å². The van der Waals surface area contributed by atoms with Crippen LogP contribution in [0, 0.1) is 0 Å². The van der Waals surface area contributed by atoms with E-state index in [0.717, 1.165) is 0 Å². The summed E-state index contributed by atoms with van der Waals surface area (Å²) in [4.78, 5) is 28.8. The number of carbonyl (C=O) groups is 2. The first-order chi connectivity index (χ1) is 11.9. The highest BCUT2D eigenvalue weighted by atomic mass is 35.5. The summed E-state index contributed by atoms with van der Waals surface area (Å²) in [7, 11) is 0. The molecule has 1 aromatic rings. The molecule has 1 aromatic carbocycles. The number of rotatable bonds is 2. The lowest BCUT2D eigenvalue weighted by molar-refractivity contribution is -0.142. The zero-order chi connectivity index (χ0) is 18.0. The molecule has 0 aromatic heterocycles. The highest BCUT2D eigenvalue weighted by Gasteiger charge is 2.40. The number of piperazine rings is 1. The first-order valence-corrected chi connectivity index (χ1v) is 9.07. The first kappa shape index (κ1) is 18.5. The van der Waals surface area contributed by atoms with E-state index in [2.05, 4.69) is 0 Å². The van der Waals surface area contributed by atoms with E-state index >= 15 is 0 Å². The Labute approximate surface area is 156 Å². The summed E-state index contributed by atoms with van der Waals surface area (Å²) < 4.78 is 5.29. The van der Waals surface area contributed by atoms with Crippen LogP contribution < -0.4 is 5.73 Å². The lowest BCUT2D eigenvalue weighted by Gasteiger charge is -2.41. The molecule has 0 saturated carbocycles. The molecule has 6 nitrogen and oxygen atoms in total. The first-order valence-electron chi connectivity index (χ1n) is 8.32. The number of nitrogens with zero attached hydrogens (tertiary/aromatic N) is 2. The van der Waals surface area contributed by atoms with Crippen molar-refractivity contribution in [2.75, 3.05) is 39.4 Å². The molecule has 0 aliphatic carbocycles. The lowest BCUT2D eigenvalue weighted by atomic mass is 9.89. The van der Waals surface area contributed by atoms with Crippen LogP contribution in [-0.2, 0) is 9.53 Å². The van der Waals surface area contributed by atoms with Gasteiger partial charge in [-0.3, -0.25) is 9.59 Å². The molecule has 0 unspecified atom stereocenters. The summed E-state index contributed by atoms with van der Waals surface area (Å²) >= 11 is 12.2. The van der Waals surface area contributed by atoms with Gasteiger partial charge < -0.3 is 20.3 Å². The van der Waals surface area contributed by atoms with Crippen LogP contribution in [0.4, 0.5) is 0 Å². The van der Waals surface area contributed by atoms with Crippen LogP contribution in [0.15, 0.2) is 18.2 Å². The van der Waals surface area contributed by atoms with Crippen molar-refractivity contribution in [1.82, 2.24) is 9.80 Å². The van der Waals surface area contributed by atoms with Gasteiger partial charge >= 0.3 is 0 Å². The van der Waals surface area contributed by atoms with Crippen molar-refractivity contribution < 1.29 is 14.3 Å². The minimum absolute atomic E-state index is 0.0568. The van der Waals surface area contributed by atoms with E-state index in [0.29, 0.717) is 67.8 Å². The molecule has 8 heteroatoms. The Morgan fingerprint density at radius 3 is 2.08 bits per heavy atom. The fourth-order valence-electron chi connectivity index (χ4n) is 3.24. The summed E-state index contributed by atoms with van der Waals surface area (Å²) in [5, 5.41) is 0.665. The third-order valence-corrected chi connectivity index (χ3v) is 5.47. The average molecular weight is 386 g/mol. The van der Waals surface area contributed by atoms with Gasteiger partial charge in [0.25, 0.3) is 5.91 Å². The van der Waals surface area contributed by atoms with Crippen molar-refractivity contribution in [2.24, 2.45) is 5.73 Å². The maximum absolute atomic E-state index is 12.7. The van der Waals surface area contributed by atoms with E-state index in [1.165, 1.54) is 0 Å². The molecule has 2 heterocycles. The molecule has 0 spiro atoms. The smallest absolute Gasteiger partial charge is 0.257 e. The van der Waals surface area contributed by atoms with Gasteiger partial charge in [-0.2, -0.15) is 0 Å². The van der Waals surface area contributed by atoms with Crippen LogP contribution in [0.5, 0.6) is 0 Å². The van der Waals surface area contributed by atoms with E-state index in [-0.39, 0.29) is 11.8 Å². The normalized spacial score (nSPS) is 20.4. The summed E-state index contributed by atoms with van der Waals surface area (Å²) in [6.07, 6.45) is 1.06. The Kier molecular flexibility index (Phi) is 5.53. The van der Waals surface area contributed by atoms with Gasteiger partial charge in [0.2, 0.25) is 5.91 Å². The highest BCUT2D eigenvalue weighted by Crippen LogP contribution is 2.27. The topological polar surface area (TPSA) is 75.9 Å². The molecule has 0 bridgehead atoms. The molecule has 25 heavy (non-hydrogen) atoms. The van der Waals surface area contributed by atoms with Crippen molar-refractivity contribution in [2.45, 2.75) is 18.4 Å². The maximum atomic E-state index is 12.7. The van der Waals surface area contributed by atoms with E-state index in [4.69, 9.17) is 33.7 Å². The lowest BCUT2D eigenvalue weighted by Crippen LogP contribution is -2.61. The quantitative estimate of drug-likeness (QED) is 0.841. The second-order valence-electron chi connectivity index (χ2n) is 6.45. The van der Waals surface area contributed by atoms with E-state index in [1.54, 1.807) is 28.0 Å². The van der Waals surface area contributed by atoms with Crippen molar-refractivity contribution in [3.63, 3.8) is 0 Å². The van der Waals surface area contributed by atoms with Crippen LogP contribution >= 0.6 is 23.2 Å². The SMILES string of the molecule is NC1(C(=O)N2CCN(C(=O)c3c(Cl)cccc3Cl)CC2)CCOCC1. The zero-order valence-electron chi connectivity index (χ0n) is 13.8. The number of amides is 2. The maximum Gasteiger partial charge on any atom is 0.257 e. The monoisotopic (exact) mass is 385 g/mol. The number of ether oxygens (including phenoxy) is 1. The number of carbonyl (C=O) groups excluding carboxylic acids is 2. The highest BCUT2D eigenvalue weighted by molar-refractivity contribution is 6.39. The van der Waals surface area contributed by atoms with Gasteiger partial charge in [0.05, 0.1) is 21.1 Å². The Morgan fingerprint density at radius 1 is 1.00 bits per heavy atom. The van der Waals surface area contributed by atoms with Crippen LogP contribution in [0.1, 0.15) is 23.2 Å². The third-order valence-electron chi connectivity index (χ3n) is 4.84. The largest absolute Gasteiger partial charge is 0.381 e. The second-order valence-corrected chi connectivity index (χ2v) is 7.26. The van der Waals surface area contributed by atoms with E-state index < -0.39 is 5.54 Å². The molecule has 136 valence electrons. The second kappa shape index (κ2) is 7.50. The number of nitrogens with two attached hydrogens (primary N) is 1. The van der Waals surface area contributed by atoms with Crippen molar-refractivity contribution in [3.8, 4) is 0 Å². The molecule has 2 amide bonds. The predicted octanol–water partition coefficient (Wildman–Crippen LogP) is 1.79.